The lowest BCUT2D eigenvalue weighted by Crippen LogP contribution is -2.45. The number of hydrogen-bond donors (Lipinski definition) is 1. The summed E-state index contributed by atoms with van der Waals surface area (Å²) in [4.78, 5) is 16.6. The van der Waals surface area contributed by atoms with Gasteiger partial charge in [0.05, 0.1) is 0 Å². The highest BCUT2D eigenvalue weighted by molar-refractivity contribution is 7.15. The van der Waals surface area contributed by atoms with Crippen LogP contribution in [-0.2, 0) is 6.54 Å². The van der Waals surface area contributed by atoms with E-state index in [0.29, 0.717) is 6.04 Å². The highest BCUT2D eigenvalue weighted by Crippen LogP contribution is 2.28. The maximum absolute atomic E-state index is 4.59. The lowest BCUT2D eigenvalue weighted by atomic mass is 10.0. The van der Waals surface area contributed by atoms with Crippen LogP contribution in [0.2, 0.25) is 0 Å². The van der Waals surface area contributed by atoms with Crippen LogP contribution in [0.15, 0.2) is 55.2 Å². The van der Waals surface area contributed by atoms with Crippen LogP contribution in [0.3, 0.4) is 0 Å². The summed E-state index contributed by atoms with van der Waals surface area (Å²) in [6.07, 6.45) is 9.37. The van der Waals surface area contributed by atoms with E-state index in [1.165, 1.54) is 10.4 Å². The monoisotopic (exact) mass is 373 g/mol. The van der Waals surface area contributed by atoms with Crippen LogP contribution in [0.5, 0.6) is 0 Å². The third-order valence-corrected chi connectivity index (χ3v) is 5.32. The Morgan fingerprint density at radius 3 is 2.56 bits per heavy atom. The van der Waals surface area contributed by atoms with Gasteiger partial charge in [-0.3, -0.25) is 14.9 Å². The fourth-order valence-corrected chi connectivity index (χ4v) is 4.00. The van der Waals surface area contributed by atoms with Gasteiger partial charge in [0, 0.05) is 73.6 Å². The van der Waals surface area contributed by atoms with Crippen molar-refractivity contribution >= 4 is 23.7 Å². The second-order valence-electron chi connectivity index (χ2n) is 5.84. The van der Waals surface area contributed by atoms with Gasteiger partial charge >= 0.3 is 0 Å². The predicted molar refractivity (Wildman–Crippen MR) is 103 cm³/mol. The van der Waals surface area contributed by atoms with Crippen LogP contribution < -0.4 is 5.32 Å². The van der Waals surface area contributed by atoms with Gasteiger partial charge in [0.15, 0.2) is 0 Å². The van der Waals surface area contributed by atoms with Crippen LogP contribution in [0.4, 0.5) is 0 Å². The number of thiazole rings is 1. The second kappa shape index (κ2) is 8.49. The van der Waals surface area contributed by atoms with E-state index >= 15 is 0 Å². The Hall–Kier alpha value is -1.86. The molecule has 0 amide bonds. The molecule has 1 aliphatic rings. The van der Waals surface area contributed by atoms with Crippen LogP contribution in [0.1, 0.15) is 16.5 Å². The first-order chi connectivity index (χ1) is 11.9. The minimum absolute atomic E-state index is 0. The Bertz CT molecular complexity index is 780. The topological polar surface area (TPSA) is 53.9 Å². The van der Waals surface area contributed by atoms with Gasteiger partial charge in [-0.15, -0.1) is 23.7 Å². The standard InChI is InChI=1S/C18H19N5S.ClH/c1-5-19-6-2-14(1)17-12-21-9-10-23(17)13-16-11-22-18(24-16)15-3-7-20-8-4-15;/h1-8,11,17,21H,9-10,12-13H2;1H. The molecule has 4 heterocycles. The third-order valence-electron chi connectivity index (χ3n) is 4.28. The first-order valence-electron chi connectivity index (χ1n) is 8.10. The van der Waals surface area contributed by atoms with Crippen LogP contribution in [0.25, 0.3) is 10.6 Å². The fraction of sp³-hybridized carbons (Fsp3) is 0.278. The molecule has 3 aromatic heterocycles. The van der Waals surface area contributed by atoms with Gasteiger partial charge in [-0.05, 0) is 29.8 Å². The summed E-state index contributed by atoms with van der Waals surface area (Å²) in [5.41, 5.74) is 2.45. The van der Waals surface area contributed by atoms with Crippen molar-refractivity contribution in [3.05, 3.63) is 65.7 Å². The molecular weight excluding hydrogens is 354 g/mol. The molecule has 1 atom stereocenters. The zero-order valence-corrected chi connectivity index (χ0v) is 15.3. The van der Waals surface area contributed by atoms with E-state index in [9.17, 15) is 0 Å². The maximum Gasteiger partial charge on any atom is 0.123 e. The van der Waals surface area contributed by atoms with Crippen molar-refractivity contribution in [2.24, 2.45) is 0 Å². The number of piperazine rings is 1. The molecule has 5 nitrogen and oxygen atoms in total. The quantitative estimate of drug-likeness (QED) is 0.761. The summed E-state index contributed by atoms with van der Waals surface area (Å²) in [7, 11) is 0. The van der Waals surface area contributed by atoms with E-state index in [-0.39, 0.29) is 12.4 Å². The number of nitrogens with zero attached hydrogens (tertiary/aromatic N) is 4. The molecule has 25 heavy (non-hydrogen) atoms. The van der Waals surface area contributed by atoms with Gasteiger partial charge < -0.3 is 5.32 Å². The Morgan fingerprint density at radius 1 is 1.08 bits per heavy atom. The van der Waals surface area contributed by atoms with Gasteiger partial charge in [0.1, 0.15) is 5.01 Å². The molecule has 0 bridgehead atoms. The Balaban J connectivity index is 0.00000182. The van der Waals surface area contributed by atoms with E-state index in [1.54, 1.807) is 11.3 Å². The largest absolute Gasteiger partial charge is 0.314 e. The number of nitrogens with one attached hydrogen (secondary N) is 1. The molecule has 3 aromatic rings. The molecule has 4 rings (SSSR count). The van der Waals surface area contributed by atoms with Crippen LogP contribution >= 0.6 is 23.7 Å². The van der Waals surface area contributed by atoms with Crippen LogP contribution in [-0.4, -0.2) is 39.5 Å². The van der Waals surface area contributed by atoms with Crippen molar-refractivity contribution in [1.29, 1.82) is 0 Å². The van der Waals surface area contributed by atoms with Crippen molar-refractivity contribution < 1.29 is 0 Å². The maximum atomic E-state index is 4.59. The summed E-state index contributed by atoms with van der Waals surface area (Å²) in [5, 5.41) is 4.56. The van der Waals surface area contributed by atoms with Crippen molar-refractivity contribution in [2.75, 3.05) is 19.6 Å². The first-order valence-corrected chi connectivity index (χ1v) is 8.91. The highest BCUT2D eigenvalue weighted by atomic mass is 35.5. The highest BCUT2D eigenvalue weighted by Gasteiger charge is 2.24. The minimum Gasteiger partial charge on any atom is -0.314 e. The predicted octanol–water partition coefficient (Wildman–Crippen LogP) is 3.17. The molecule has 0 radical (unpaired) electrons. The average molecular weight is 374 g/mol. The molecule has 0 spiro atoms. The third kappa shape index (κ3) is 4.22. The molecule has 1 aliphatic heterocycles. The van der Waals surface area contributed by atoms with E-state index in [2.05, 4.69) is 37.3 Å². The minimum atomic E-state index is 0. The van der Waals surface area contributed by atoms with Gasteiger partial charge in [0.25, 0.3) is 0 Å². The van der Waals surface area contributed by atoms with Crippen molar-refractivity contribution in [3.63, 3.8) is 0 Å². The van der Waals surface area contributed by atoms with Gasteiger partial charge in [-0.2, -0.15) is 0 Å². The number of hydrogen-bond acceptors (Lipinski definition) is 6. The SMILES string of the molecule is Cl.c1cc(-c2ncc(CN3CCNCC3c3ccncc3)s2)ccn1. The average Bonchev–Trinajstić information content (AvgIpc) is 3.12. The van der Waals surface area contributed by atoms with E-state index in [1.807, 2.05) is 43.1 Å². The summed E-state index contributed by atoms with van der Waals surface area (Å²) >= 11 is 1.76. The molecular formula is C18H20ClN5S. The van der Waals surface area contributed by atoms with E-state index in [0.717, 1.165) is 36.8 Å². The summed E-state index contributed by atoms with van der Waals surface area (Å²) in [6.45, 7) is 3.96. The van der Waals surface area contributed by atoms with Gasteiger partial charge in [-0.25, -0.2) is 4.98 Å². The lowest BCUT2D eigenvalue weighted by Gasteiger charge is -2.36. The van der Waals surface area contributed by atoms with Crippen molar-refractivity contribution in [3.8, 4) is 10.6 Å². The second-order valence-corrected chi connectivity index (χ2v) is 6.95. The van der Waals surface area contributed by atoms with E-state index in [4.69, 9.17) is 0 Å². The first kappa shape index (κ1) is 17.9. The number of halogens is 1. The molecule has 7 heteroatoms. The zero-order chi connectivity index (χ0) is 16.2. The number of pyridine rings is 2. The van der Waals surface area contributed by atoms with Gasteiger partial charge in [0.2, 0.25) is 0 Å². The molecule has 1 saturated heterocycles. The zero-order valence-electron chi connectivity index (χ0n) is 13.7. The molecule has 1 N–H and O–H groups in total. The molecule has 130 valence electrons. The molecule has 1 fully saturated rings. The summed E-state index contributed by atoms with van der Waals surface area (Å²) < 4.78 is 0. The molecule has 0 saturated carbocycles. The normalized spacial score (nSPS) is 17.8. The van der Waals surface area contributed by atoms with Gasteiger partial charge in [-0.1, -0.05) is 0 Å². The smallest absolute Gasteiger partial charge is 0.123 e. The van der Waals surface area contributed by atoms with E-state index < -0.39 is 0 Å². The summed E-state index contributed by atoms with van der Waals surface area (Å²) in [6, 6.07) is 8.62. The number of rotatable bonds is 4. The Kier molecular flexibility index (Phi) is 6.09. The Morgan fingerprint density at radius 2 is 1.80 bits per heavy atom. The molecule has 0 aliphatic carbocycles. The molecule has 0 aromatic carbocycles. The summed E-state index contributed by atoms with van der Waals surface area (Å²) in [5.74, 6) is 0. The lowest BCUT2D eigenvalue weighted by molar-refractivity contribution is 0.155. The Labute approximate surface area is 157 Å². The number of aromatic nitrogens is 3. The van der Waals surface area contributed by atoms with Crippen molar-refractivity contribution in [2.45, 2.75) is 12.6 Å². The van der Waals surface area contributed by atoms with Crippen LogP contribution in [0, 0.1) is 0 Å². The molecule has 1 unspecified atom stereocenters. The fourth-order valence-electron chi connectivity index (χ4n) is 3.06. The van der Waals surface area contributed by atoms with Crippen molar-refractivity contribution in [1.82, 2.24) is 25.2 Å².